The first-order chi connectivity index (χ1) is 13.6. The summed E-state index contributed by atoms with van der Waals surface area (Å²) < 4.78 is 0. The molecule has 3 rings (SSSR count). The van der Waals surface area contributed by atoms with Gasteiger partial charge in [-0.2, -0.15) is 0 Å². The SMILES string of the molecule is O=C(CCC(=O)N1CCN(CCCc2ccccc2Cl)CC1)c1cccnc1. The second-order valence-corrected chi connectivity index (χ2v) is 7.49. The number of nitrogens with zero attached hydrogens (tertiary/aromatic N) is 3. The molecule has 0 spiro atoms. The zero-order valence-corrected chi connectivity index (χ0v) is 16.8. The van der Waals surface area contributed by atoms with Crippen molar-refractivity contribution in [1.29, 1.82) is 0 Å². The molecular formula is C22H26ClN3O2. The van der Waals surface area contributed by atoms with E-state index in [0.29, 0.717) is 5.56 Å². The molecule has 148 valence electrons. The fraction of sp³-hybridized carbons (Fsp3) is 0.409. The molecule has 0 bridgehead atoms. The van der Waals surface area contributed by atoms with Gasteiger partial charge >= 0.3 is 0 Å². The minimum atomic E-state index is -0.0281. The van der Waals surface area contributed by atoms with Gasteiger partial charge in [-0.15, -0.1) is 0 Å². The fourth-order valence-electron chi connectivity index (χ4n) is 3.47. The number of aromatic nitrogens is 1. The van der Waals surface area contributed by atoms with Crippen molar-refractivity contribution in [2.45, 2.75) is 25.7 Å². The number of hydrogen-bond acceptors (Lipinski definition) is 4. The van der Waals surface area contributed by atoms with Crippen molar-refractivity contribution in [3.63, 3.8) is 0 Å². The van der Waals surface area contributed by atoms with Crippen LogP contribution < -0.4 is 0 Å². The van der Waals surface area contributed by atoms with E-state index in [-0.39, 0.29) is 24.5 Å². The van der Waals surface area contributed by atoms with Crippen LogP contribution in [0.3, 0.4) is 0 Å². The second kappa shape index (κ2) is 10.3. The molecule has 1 aliphatic rings. The van der Waals surface area contributed by atoms with Crippen molar-refractivity contribution in [2.24, 2.45) is 0 Å². The Morgan fingerprint density at radius 3 is 2.50 bits per heavy atom. The third-order valence-electron chi connectivity index (χ3n) is 5.15. The van der Waals surface area contributed by atoms with Gasteiger partial charge in [0.05, 0.1) is 0 Å². The summed E-state index contributed by atoms with van der Waals surface area (Å²) in [6.07, 6.45) is 5.71. The average molecular weight is 400 g/mol. The maximum atomic E-state index is 12.4. The largest absolute Gasteiger partial charge is 0.340 e. The van der Waals surface area contributed by atoms with Crippen LogP contribution in [0.4, 0.5) is 0 Å². The number of hydrogen-bond donors (Lipinski definition) is 0. The number of aryl methyl sites for hydroxylation is 1. The van der Waals surface area contributed by atoms with Crippen molar-refractivity contribution < 1.29 is 9.59 Å². The third-order valence-corrected chi connectivity index (χ3v) is 5.52. The summed E-state index contributed by atoms with van der Waals surface area (Å²) in [4.78, 5) is 32.7. The van der Waals surface area contributed by atoms with E-state index in [4.69, 9.17) is 11.6 Å². The van der Waals surface area contributed by atoms with Crippen LogP contribution in [0.15, 0.2) is 48.8 Å². The number of pyridine rings is 1. The summed E-state index contributed by atoms with van der Waals surface area (Å²) >= 11 is 6.21. The number of rotatable bonds is 8. The number of halogens is 1. The Balaban J connectivity index is 1.35. The summed E-state index contributed by atoms with van der Waals surface area (Å²) in [5.74, 6) is 0.0348. The minimum Gasteiger partial charge on any atom is -0.340 e. The van der Waals surface area contributed by atoms with Gasteiger partial charge in [-0.25, -0.2) is 0 Å². The van der Waals surface area contributed by atoms with Gasteiger partial charge in [-0.1, -0.05) is 29.8 Å². The average Bonchev–Trinajstić information content (AvgIpc) is 2.74. The van der Waals surface area contributed by atoms with E-state index in [2.05, 4.69) is 16.0 Å². The van der Waals surface area contributed by atoms with E-state index in [1.807, 2.05) is 23.1 Å². The van der Waals surface area contributed by atoms with Crippen LogP contribution in [0.1, 0.15) is 35.2 Å². The van der Waals surface area contributed by atoms with E-state index in [1.165, 1.54) is 5.56 Å². The van der Waals surface area contributed by atoms with Crippen molar-refractivity contribution in [3.05, 3.63) is 64.9 Å². The van der Waals surface area contributed by atoms with Gasteiger partial charge in [0.15, 0.2) is 5.78 Å². The first-order valence-corrected chi connectivity index (χ1v) is 10.2. The monoisotopic (exact) mass is 399 g/mol. The molecule has 5 nitrogen and oxygen atoms in total. The Bertz CT molecular complexity index is 789. The Labute approximate surface area is 171 Å². The van der Waals surface area contributed by atoms with Crippen LogP contribution in [0.5, 0.6) is 0 Å². The highest BCUT2D eigenvalue weighted by molar-refractivity contribution is 6.31. The summed E-state index contributed by atoms with van der Waals surface area (Å²) in [5.41, 5.74) is 1.76. The van der Waals surface area contributed by atoms with Crippen molar-refractivity contribution in [3.8, 4) is 0 Å². The van der Waals surface area contributed by atoms with Gasteiger partial charge in [0.2, 0.25) is 5.91 Å². The van der Waals surface area contributed by atoms with E-state index in [1.54, 1.807) is 24.5 Å². The van der Waals surface area contributed by atoms with Crippen LogP contribution in [0, 0.1) is 0 Å². The Kier molecular flexibility index (Phi) is 7.57. The van der Waals surface area contributed by atoms with Crippen LogP contribution in [0.2, 0.25) is 5.02 Å². The van der Waals surface area contributed by atoms with Gasteiger partial charge in [0, 0.05) is 62.0 Å². The lowest BCUT2D eigenvalue weighted by Crippen LogP contribution is -2.48. The number of carbonyl (C=O) groups is 2. The first-order valence-electron chi connectivity index (χ1n) is 9.80. The molecule has 0 atom stereocenters. The topological polar surface area (TPSA) is 53.5 Å². The third kappa shape index (κ3) is 5.88. The summed E-state index contributed by atoms with van der Waals surface area (Å²) in [6.45, 7) is 4.22. The Morgan fingerprint density at radius 2 is 1.79 bits per heavy atom. The molecule has 1 saturated heterocycles. The van der Waals surface area contributed by atoms with Crippen molar-refractivity contribution in [2.75, 3.05) is 32.7 Å². The molecule has 0 aliphatic carbocycles. The zero-order chi connectivity index (χ0) is 19.8. The highest BCUT2D eigenvalue weighted by atomic mass is 35.5. The molecular weight excluding hydrogens is 374 g/mol. The number of piperazine rings is 1. The zero-order valence-electron chi connectivity index (χ0n) is 16.0. The molecule has 0 unspecified atom stereocenters. The van der Waals surface area contributed by atoms with E-state index < -0.39 is 0 Å². The minimum absolute atomic E-state index is 0.0281. The molecule has 1 aromatic carbocycles. The highest BCUT2D eigenvalue weighted by Gasteiger charge is 2.21. The number of carbonyl (C=O) groups excluding carboxylic acids is 2. The van der Waals surface area contributed by atoms with E-state index >= 15 is 0 Å². The molecule has 0 N–H and O–H groups in total. The lowest BCUT2D eigenvalue weighted by Gasteiger charge is -2.34. The molecule has 1 amide bonds. The molecule has 1 aromatic heterocycles. The smallest absolute Gasteiger partial charge is 0.223 e. The number of benzene rings is 1. The molecule has 1 fully saturated rings. The van der Waals surface area contributed by atoms with Gasteiger partial charge in [-0.3, -0.25) is 19.5 Å². The van der Waals surface area contributed by atoms with Gasteiger partial charge in [0.25, 0.3) is 0 Å². The highest BCUT2D eigenvalue weighted by Crippen LogP contribution is 2.17. The Morgan fingerprint density at radius 1 is 1.00 bits per heavy atom. The first kappa shape index (κ1) is 20.5. The molecule has 2 heterocycles. The van der Waals surface area contributed by atoms with Gasteiger partial charge in [-0.05, 0) is 43.1 Å². The maximum Gasteiger partial charge on any atom is 0.223 e. The van der Waals surface area contributed by atoms with Crippen LogP contribution in [-0.2, 0) is 11.2 Å². The van der Waals surface area contributed by atoms with E-state index in [9.17, 15) is 9.59 Å². The quantitative estimate of drug-likeness (QED) is 0.638. The molecule has 0 radical (unpaired) electrons. The molecule has 2 aromatic rings. The lowest BCUT2D eigenvalue weighted by atomic mass is 10.1. The molecule has 6 heteroatoms. The summed E-state index contributed by atoms with van der Waals surface area (Å²) in [5, 5.41) is 0.832. The van der Waals surface area contributed by atoms with Crippen molar-refractivity contribution >= 4 is 23.3 Å². The van der Waals surface area contributed by atoms with E-state index in [0.717, 1.165) is 50.6 Å². The predicted octanol–water partition coefficient (Wildman–Crippen LogP) is 3.47. The Hall–Kier alpha value is -2.24. The normalized spacial score (nSPS) is 14.8. The predicted molar refractivity (Wildman–Crippen MR) is 111 cm³/mol. The summed E-state index contributed by atoms with van der Waals surface area (Å²) in [7, 11) is 0. The summed E-state index contributed by atoms with van der Waals surface area (Å²) in [6, 6.07) is 11.4. The van der Waals surface area contributed by atoms with Gasteiger partial charge < -0.3 is 4.90 Å². The lowest BCUT2D eigenvalue weighted by molar-refractivity contribution is -0.132. The standard InChI is InChI=1S/C22H26ClN3O2/c23-20-8-2-1-5-18(20)7-4-12-25-13-15-26(16-14-25)22(28)10-9-21(27)19-6-3-11-24-17-19/h1-3,5-6,8,11,17H,4,7,9-10,12-16H2. The van der Waals surface area contributed by atoms with Crippen LogP contribution in [-0.4, -0.2) is 59.2 Å². The van der Waals surface area contributed by atoms with Crippen molar-refractivity contribution in [1.82, 2.24) is 14.8 Å². The van der Waals surface area contributed by atoms with Crippen LogP contribution in [0.25, 0.3) is 0 Å². The number of Topliss-reactive ketones (excluding diaryl/α,β-unsaturated/α-hetero) is 1. The number of amides is 1. The molecule has 0 saturated carbocycles. The van der Waals surface area contributed by atoms with Gasteiger partial charge in [0.1, 0.15) is 0 Å². The molecule has 1 aliphatic heterocycles. The number of ketones is 1. The maximum absolute atomic E-state index is 12.4. The fourth-order valence-corrected chi connectivity index (χ4v) is 3.70. The van der Waals surface area contributed by atoms with Crippen LogP contribution >= 0.6 is 11.6 Å². The molecule has 28 heavy (non-hydrogen) atoms. The second-order valence-electron chi connectivity index (χ2n) is 7.08.